The highest BCUT2D eigenvalue weighted by atomic mass is 16.5. The molecule has 0 aliphatic heterocycles. The fraction of sp³-hybridized carbons (Fsp3) is 0.556. The Hall–Kier alpha value is -1.63. The number of amides is 3. The number of carboxylic acids is 1. The molecule has 0 aromatic rings. The minimum atomic E-state index is -1.09. The number of aliphatic carboxylic acids is 1. The molecule has 7 heteroatoms. The minimum Gasteiger partial charge on any atom is -0.481 e. The molecule has 91 valence electrons. The van der Waals surface area contributed by atoms with Crippen molar-refractivity contribution in [2.75, 3.05) is 13.7 Å². The van der Waals surface area contributed by atoms with E-state index >= 15 is 0 Å². The Morgan fingerprint density at radius 3 is 2.50 bits per heavy atom. The van der Waals surface area contributed by atoms with Crippen LogP contribution in [0.3, 0.4) is 0 Å². The lowest BCUT2D eigenvalue weighted by atomic mass is 10.3. The third-order valence-corrected chi connectivity index (χ3v) is 1.64. The molecule has 0 aliphatic carbocycles. The minimum absolute atomic E-state index is 0.161. The van der Waals surface area contributed by atoms with Crippen molar-refractivity contribution in [2.45, 2.75) is 18.9 Å². The highest BCUT2D eigenvalue weighted by Crippen LogP contribution is 1.88. The number of carboxylic acid groups (broad SMARTS) is 1. The first-order valence-electron chi connectivity index (χ1n) is 4.61. The molecule has 0 spiro atoms. The Balaban J connectivity index is 3.70. The highest BCUT2D eigenvalue weighted by Gasteiger charge is 2.10. The Bertz CT molecular complexity index is 267. The van der Waals surface area contributed by atoms with Crippen molar-refractivity contribution in [3.05, 3.63) is 6.92 Å². The van der Waals surface area contributed by atoms with E-state index in [1.165, 1.54) is 7.11 Å². The summed E-state index contributed by atoms with van der Waals surface area (Å²) in [7, 11) is 1.44. The summed E-state index contributed by atoms with van der Waals surface area (Å²) in [4.78, 5) is 32.2. The third kappa shape index (κ3) is 7.74. The zero-order chi connectivity index (χ0) is 12.6. The van der Waals surface area contributed by atoms with E-state index in [0.29, 0.717) is 0 Å². The number of carbonyl (C=O) groups is 3. The van der Waals surface area contributed by atoms with Crippen LogP contribution < -0.4 is 10.6 Å². The molecular formula is C9H15N2O5. The van der Waals surface area contributed by atoms with E-state index in [9.17, 15) is 14.4 Å². The molecule has 3 amide bonds. The van der Waals surface area contributed by atoms with Gasteiger partial charge in [0.25, 0.3) is 0 Å². The molecule has 16 heavy (non-hydrogen) atoms. The standard InChI is InChI=1S/C9H15N2O5/c1-6(16-2)5-10-9(15)11-7(12)3-4-8(13)14/h6H,1,3-5H2,2H3,(H,13,14)(H2,10,11,12,15). The smallest absolute Gasteiger partial charge is 0.321 e. The molecule has 0 rings (SSSR count). The second-order valence-electron chi connectivity index (χ2n) is 3.01. The maximum atomic E-state index is 11.0. The molecule has 1 radical (unpaired) electrons. The van der Waals surface area contributed by atoms with E-state index in [0.717, 1.165) is 0 Å². The summed E-state index contributed by atoms with van der Waals surface area (Å²) in [5.74, 6) is -1.73. The van der Waals surface area contributed by atoms with Gasteiger partial charge in [-0.3, -0.25) is 14.9 Å². The van der Waals surface area contributed by atoms with Gasteiger partial charge in [-0.1, -0.05) is 0 Å². The van der Waals surface area contributed by atoms with Crippen LogP contribution in [0.2, 0.25) is 0 Å². The van der Waals surface area contributed by atoms with Crippen LogP contribution in [0, 0.1) is 6.92 Å². The van der Waals surface area contributed by atoms with Crippen LogP contribution in [0.25, 0.3) is 0 Å². The summed E-state index contributed by atoms with van der Waals surface area (Å²) in [6.07, 6.45) is -0.949. The van der Waals surface area contributed by atoms with E-state index in [2.05, 4.69) is 12.2 Å². The summed E-state index contributed by atoms with van der Waals surface area (Å²) in [6.45, 7) is 3.70. The molecule has 0 aromatic heterocycles. The fourth-order valence-corrected chi connectivity index (χ4v) is 0.744. The average molecular weight is 231 g/mol. The SMILES string of the molecule is [CH2]C(CNC(=O)NC(=O)CCC(=O)O)OC. The van der Waals surface area contributed by atoms with Crippen molar-refractivity contribution in [2.24, 2.45) is 0 Å². The molecule has 0 aromatic carbocycles. The summed E-state index contributed by atoms with van der Waals surface area (Å²) in [6, 6.07) is -0.693. The molecule has 3 N–H and O–H groups in total. The largest absolute Gasteiger partial charge is 0.481 e. The Labute approximate surface area is 93.2 Å². The van der Waals surface area contributed by atoms with Crippen LogP contribution in [0.4, 0.5) is 4.79 Å². The molecule has 1 atom stereocenters. The van der Waals surface area contributed by atoms with Gasteiger partial charge < -0.3 is 15.2 Å². The first-order chi connectivity index (χ1) is 7.45. The van der Waals surface area contributed by atoms with Crippen LogP contribution in [-0.2, 0) is 14.3 Å². The van der Waals surface area contributed by atoms with E-state index in [4.69, 9.17) is 9.84 Å². The lowest BCUT2D eigenvalue weighted by Gasteiger charge is -2.10. The summed E-state index contributed by atoms with van der Waals surface area (Å²) < 4.78 is 4.77. The van der Waals surface area contributed by atoms with Gasteiger partial charge in [-0.25, -0.2) is 4.79 Å². The number of imide groups is 1. The predicted octanol–water partition coefficient (Wildman–Crippen LogP) is -0.474. The van der Waals surface area contributed by atoms with Crippen molar-refractivity contribution in [3.8, 4) is 0 Å². The van der Waals surface area contributed by atoms with Crippen LogP contribution in [0.1, 0.15) is 12.8 Å². The molecule has 7 nitrogen and oxygen atoms in total. The van der Waals surface area contributed by atoms with Gasteiger partial charge in [-0.15, -0.1) is 0 Å². The first kappa shape index (κ1) is 14.4. The van der Waals surface area contributed by atoms with Crippen molar-refractivity contribution < 1.29 is 24.2 Å². The van der Waals surface area contributed by atoms with Gasteiger partial charge in [-0.05, 0) is 6.92 Å². The molecule has 0 saturated heterocycles. The molecule has 0 fully saturated rings. The number of nitrogens with one attached hydrogen (secondary N) is 2. The first-order valence-corrected chi connectivity index (χ1v) is 4.61. The van der Waals surface area contributed by atoms with E-state index in [1.54, 1.807) is 0 Å². The van der Waals surface area contributed by atoms with Gasteiger partial charge in [0.05, 0.1) is 12.5 Å². The Kier molecular flexibility index (Phi) is 6.86. The van der Waals surface area contributed by atoms with Crippen molar-refractivity contribution in [1.82, 2.24) is 10.6 Å². The molecule has 0 aliphatic rings. The quantitative estimate of drug-likeness (QED) is 0.573. The molecule has 0 bridgehead atoms. The number of urea groups is 1. The number of carbonyl (C=O) groups excluding carboxylic acids is 2. The second kappa shape index (κ2) is 7.63. The number of hydrogen-bond donors (Lipinski definition) is 3. The topological polar surface area (TPSA) is 105 Å². The van der Waals surface area contributed by atoms with Gasteiger partial charge in [0, 0.05) is 20.1 Å². The van der Waals surface area contributed by atoms with Gasteiger partial charge >= 0.3 is 12.0 Å². The van der Waals surface area contributed by atoms with E-state index in [1.807, 2.05) is 5.32 Å². The van der Waals surface area contributed by atoms with Crippen molar-refractivity contribution >= 4 is 17.9 Å². The van der Waals surface area contributed by atoms with Crippen LogP contribution in [-0.4, -0.2) is 42.8 Å². The lowest BCUT2D eigenvalue weighted by Crippen LogP contribution is -2.42. The normalized spacial score (nSPS) is 11.6. The lowest BCUT2D eigenvalue weighted by molar-refractivity contribution is -0.138. The summed E-state index contributed by atoms with van der Waals surface area (Å²) in [5.41, 5.74) is 0. The van der Waals surface area contributed by atoms with Gasteiger partial charge in [-0.2, -0.15) is 0 Å². The zero-order valence-electron chi connectivity index (χ0n) is 8.99. The molecule has 1 unspecified atom stereocenters. The predicted molar refractivity (Wildman–Crippen MR) is 54.6 cm³/mol. The number of methoxy groups -OCH3 is 1. The monoisotopic (exact) mass is 231 g/mol. The number of hydrogen-bond acceptors (Lipinski definition) is 4. The van der Waals surface area contributed by atoms with Gasteiger partial charge in [0.2, 0.25) is 5.91 Å². The molecule has 0 heterocycles. The van der Waals surface area contributed by atoms with Crippen LogP contribution in [0.15, 0.2) is 0 Å². The highest BCUT2D eigenvalue weighted by molar-refractivity contribution is 5.95. The number of ether oxygens (including phenoxy) is 1. The van der Waals surface area contributed by atoms with Crippen molar-refractivity contribution in [3.63, 3.8) is 0 Å². The van der Waals surface area contributed by atoms with Crippen LogP contribution in [0.5, 0.6) is 0 Å². The third-order valence-electron chi connectivity index (χ3n) is 1.64. The Morgan fingerprint density at radius 1 is 1.38 bits per heavy atom. The average Bonchev–Trinajstić information content (AvgIpc) is 2.23. The van der Waals surface area contributed by atoms with E-state index in [-0.39, 0.29) is 19.4 Å². The maximum absolute atomic E-state index is 11.0. The van der Waals surface area contributed by atoms with E-state index < -0.39 is 24.0 Å². The van der Waals surface area contributed by atoms with Gasteiger partial charge in [0.15, 0.2) is 0 Å². The van der Waals surface area contributed by atoms with Crippen molar-refractivity contribution in [1.29, 1.82) is 0 Å². The maximum Gasteiger partial charge on any atom is 0.321 e. The van der Waals surface area contributed by atoms with Gasteiger partial charge in [0.1, 0.15) is 0 Å². The fourth-order valence-electron chi connectivity index (χ4n) is 0.744. The Morgan fingerprint density at radius 2 is 2.00 bits per heavy atom. The summed E-state index contributed by atoms with van der Waals surface area (Å²) >= 11 is 0. The zero-order valence-corrected chi connectivity index (χ0v) is 8.99. The van der Waals surface area contributed by atoms with Crippen LogP contribution >= 0.6 is 0 Å². The molecular weight excluding hydrogens is 216 g/mol. The second-order valence-corrected chi connectivity index (χ2v) is 3.01. The number of rotatable bonds is 6. The summed E-state index contributed by atoms with van der Waals surface area (Å²) in [5, 5.41) is 12.6. The molecule has 0 saturated carbocycles.